The minimum absolute atomic E-state index is 0.0633. The normalized spacial score (nSPS) is 20.8. The van der Waals surface area contributed by atoms with Crippen LogP contribution in [0, 0.1) is 0 Å². The first kappa shape index (κ1) is 17.3. The third-order valence-electron chi connectivity index (χ3n) is 4.28. The molecule has 1 saturated heterocycles. The second-order valence-electron chi connectivity index (χ2n) is 5.98. The van der Waals surface area contributed by atoms with Crippen LogP contribution in [0.5, 0.6) is 11.5 Å². The van der Waals surface area contributed by atoms with Crippen molar-refractivity contribution in [2.45, 2.75) is 44.5 Å². The van der Waals surface area contributed by atoms with E-state index in [1.807, 2.05) is 18.2 Å². The van der Waals surface area contributed by atoms with E-state index in [1.54, 1.807) is 18.4 Å². The van der Waals surface area contributed by atoms with Crippen molar-refractivity contribution in [3.05, 3.63) is 46.2 Å². The van der Waals surface area contributed by atoms with E-state index in [0.717, 1.165) is 43.6 Å². The molecule has 0 aliphatic carbocycles. The Morgan fingerprint density at radius 1 is 1.17 bits per heavy atom. The Bertz CT molecular complexity index is 623. The molecule has 0 bridgehead atoms. The lowest BCUT2D eigenvalue weighted by molar-refractivity contribution is -0.158. The van der Waals surface area contributed by atoms with E-state index >= 15 is 0 Å². The van der Waals surface area contributed by atoms with E-state index in [2.05, 4.69) is 17.5 Å². The highest BCUT2D eigenvalue weighted by atomic mass is 32.1. The SMILES string of the molecule is COc1ccc(CCc2sccc2OC2CCCC(CO)O2)cc1. The Kier molecular flexibility index (Phi) is 6.12. The number of benzene rings is 1. The van der Waals surface area contributed by atoms with Gasteiger partial charge in [0.2, 0.25) is 0 Å². The predicted molar refractivity (Wildman–Crippen MR) is 94.9 cm³/mol. The largest absolute Gasteiger partial charge is 0.497 e. The van der Waals surface area contributed by atoms with Crippen molar-refractivity contribution in [3.8, 4) is 11.5 Å². The van der Waals surface area contributed by atoms with Crippen LogP contribution in [-0.2, 0) is 17.6 Å². The molecule has 130 valence electrons. The van der Waals surface area contributed by atoms with Gasteiger partial charge >= 0.3 is 0 Å². The molecule has 1 N–H and O–H groups in total. The number of thiophene rings is 1. The monoisotopic (exact) mass is 348 g/mol. The Labute approximate surface area is 147 Å². The van der Waals surface area contributed by atoms with Crippen molar-refractivity contribution in [2.75, 3.05) is 13.7 Å². The first-order valence-corrected chi connectivity index (χ1v) is 9.28. The topological polar surface area (TPSA) is 47.9 Å². The molecule has 0 saturated carbocycles. The molecule has 1 aliphatic rings. The van der Waals surface area contributed by atoms with Crippen LogP contribution in [0.15, 0.2) is 35.7 Å². The molecular formula is C19H24O4S. The maximum Gasteiger partial charge on any atom is 0.200 e. The van der Waals surface area contributed by atoms with Crippen molar-refractivity contribution >= 4 is 11.3 Å². The van der Waals surface area contributed by atoms with Gasteiger partial charge in [-0.1, -0.05) is 12.1 Å². The zero-order valence-corrected chi connectivity index (χ0v) is 14.8. The summed E-state index contributed by atoms with van der Waals surface area (Å²) in [5, 5.41) is 11.3. The fourth-order valence-corrected chi connectivity index (χ4v) is 3.70. The summed E-state index contributed by atoms with van der Waals surface area (Å²) in [6, 6.07) is 10.2. The van der Waals surface area contributed by atoms with E-state index in [1.165, 1.54) is 10.4 Å². The molecule has 2 atom stereocenters. The number of aliphatic hydroxyl groups is 1. The van der Waals surface area contributed by atoms with E-state index in [9.17, 15) is 5.11 Å². The van der Waals surface area contributed by atoms with Crippen LogP contribution in [-0.4, -0.2) is 31.2 Å². The lowest BCUT2D eigenvalue weighted by atomic mass is 10.1. The molecule has 5 heteroatoms. The molecule has 1 aliphatic heterocycles. The fraction of sp³-hybridized carbons (Fsp3) is 0.474. The Morgan fingerprint density at radius 2 is 2.00 bits per heavy atom. The predicted octanol–water partition coefficient (Wildman–Crippen LogP) is 3.81. The van der Waals surface area contributed by atoms with Gasteiger partial charge in [0, 0.05) is 11.3 Å². The number of rotatable bonds is 7. The van der Waals surface area contributed by atoms with Crippen LogP contribution in [0.3, 0.4) is 0 Å². The summed E-state index contributed by atoms with van der Waals surface area (Å²) in [6.07, 6.45) is 4.38. The van der Waals surface area contributed by atoms with Crippen LogP contribution in [0.1, 0.15) is 29.7 Å². The Morgan fingerprint density at radius 3 is 2.75 bits per heavy atom. The molecule has 1 fully saturated rings. The summed E-state index contributed by atoms with van der Waals surface area (Å²) in [5.41, 5.74) is 1.28. The van der Waals surface area contributed by atoms with Crippen molar-refractivity contribution in [1.82, 2.24) is 0 Å². The first-order valence-electron chi connectivity index (χ1n) is 8.40. The van der Waals surface area contributed by atoms with Crippen LogP contribution in [0.2, 0.25) is 0 Å². The third kappa shape index (κ3) is 4.50. The minimum atomic E-state index is -0.245. The standard InChI is InChI=1S/C19H24O4S/c1-21-15-8-5-14(6-9-15)7-10-18-17(11-12-24-18)23-19-4-2-3-16(13-20)22-19/h5-6,8-9,11-12,16,19-20H,2-4,7,10,13H2,1H3. The van der Waals surface area contributed by atoms with Gasteiger partial charge in [0.25, 0.3) is 0 Å². The maximum atomic E-state index is 9.25. The molecule has 1 aromatic heterocycles. The lowest BCUT2D eigenvalue weighted by Gasteiger charge is -2.29. The fourth-order valence-electron chi connectivity index (χ4n) is 2.89. The van der Waals surface area contributed by atoms with Gasteiger partial charge in [-0.3, -0.25) is 0 Å². The summed E-state index contributed by atoms with van der Waals surface area (Å²) in [6.45, 7) is 0.0633. The summed E-state index contributed by atoms with van der Waals surface area (Å²) in [5.74, 6) is 1.80. The van der Waals surface area contributed by atoms with E-state index in [-0.39, 0.29) is 19.0 Å². The van der Waals surface area contributed by atoms with Gasteiger partial charge in [0.1, 0.15) is 11.5 Å². The molecule has 0 radical (unpaired) electrons. The number of hydrogen-bond donors (Lipinski definition) is 1. The van der Waals surface area contributed by atoms with E-state index in [0.29, 0.717) is 0 Å². The highest BCUT2D eigenvalue weighted by Crippen LogP contribution is 2.30. The minimum Gasteiger partial charge on any atom is -0.497 e. The summed E-state index contributed by atoms with van der Waals surface area (Å²) < 4.78 is 17.0. The lowest BCUT2D eigenvalue weighted by Crippen LogP contribution is -2.33. The van der Waals surface area contributed by atoms with Gasteiger partial charge in [-0.2, -0.15) is 0 Å². The maximum absolute atomic E-state index is 9.25. The van der Waals surface area contributed by atoms with Gasteiger partial charge in [-0.15, -0.1) is 11.3 Å². The molecule has 3 rings (SSSR count). The molecule has 2 heterocycles. The molecule has 0 amide bonds. The Hall–Kier alpha value is -1.56. The number of ether oxygens (including phenoxy) is 3. The highest BCUT2D eigenvalue weighted by Gasteiger charge is 2.24. The van der Waals surface area contributed by atoms with E-state index in [4.69, 9.17) is 14.2 Å². The summed E-state index contributed by atoms with van der Waals surface area (Å²) >= 11 is 1.72. The van der Waals surface area contributed by atoms with Crippen LogP contribution in [0.4, 0.5) is 0 Å². The average molecular weight is 348 g/mol. The number of aliphatic hydroxyl groups excluding tert-OH is 1. The molecule has 2 aromatic rings. The molecule has 4 nitrogen and oxygen atoms in total. The molecular weight excluding hydrogens is 324 g/mol. The quantitative estimate of drug-likeness (QED) is 0.827. The van der Waals surface area contributed by atoms with E-state index < -0.39 is 0 Å². The number of methoxy groups -OCH3 is 1. The summed E-state index contributed by atoms with van der Waals surface area (Å²) in [7, 11) is 1.68. The average Bonchev–Trinajstić information content (AvgIpc) is 3.07. The van der Waals surface area contributed by atoms with Gasteiger partial charge in [0.15, 0.2) is 6.29 Å². The Balaban J connectivity index is 1.56. The zero-order valence-electron chi connectivity index (χ0n) is 13.9. The van der Waals surface area contributed by atoms with Crippen molar-refractivity contribution in [2.24, 2.45) is 0 Å². The van der Waals surface area contributed by atoms with Crippen LogP contribution < -0.4 is 9.47 Å². The van der Waals surface area contributed by atoms with Crippen LogP contribution in [0.25, 0.3) is 0 Å². The van der Waals surface area contributed by atoms with Crippen molar-refractivity contribution in [3.63, 3.8) is 0 Å². The summed E-state index contributed by atoms with van der Waals surface area (Å²) in [4.78, 5) is 1.24. The van der Waals surface area contributed by atoms with Gasteiger partial charge in [-0.05, 0) is 54.8 Å². The number of hydrogen-bond acceptors (Lipinski definition) is 5. The molecule has 24 heavy (non-hydrogen) atoms. The molecule has 2 unspecified atom stereocenters. The second-order valence-corrected chi connectivity index (χ2v) is 6.98. The number of aryl methyl sites for hydroxylation is 2. The van der Waals surface area contributed by atoms with Gasteiger partial charge in [0.05, 0.1) is 19.8 Å². The van der Waals surface area contributed by atoms with Gasteiger partial charge in [-0.25, -0.2) is 0 Å². The smallest absolute Gasteiger partial charge is 0.200 e. The van der Waals surface area contributed by atoms with Crippen molar-refractivity contribution < 1.29 is 19.3 Å². The van der Waals surface area contributed by atoms with Crippen LogP contribution >= 0.6 is 11.3 Å². The molecule has 1 aromatic carbocycles. The van der Waals surface area contributed by atoms with Gasteiger partial charge < -0.3 is 19.3 Å². The third-order valence-corrected chi connectivity index (χ3v) is 5.24. The highest BCUT2D eigenvalue weighted by molar-refractivity contribution is 7.10. The second kappa shape index (κ2) is 8.51. The molecule has 0 spiro atoms. The first-order chi connectivity index (χ1) is 11.8. The van der Waals surface area contributed by atoms with Crippen molar-refractivity contribution in [1.29, 1.82) is 0 Å². The zero-order chi connectivity index (χ0) is 16.8.